The van der Waals surface area contributed by atoms with Crippen LogP contribution in [0.1, 0.15) is 54.4 Å². The van der Waals surface area contributed by atoms with E-state index >= 15 is 0 Å². The smallest absolute Gasteiger partial charge is 0.326 e. The number of carboxylic acid groups (broad SMARTS) is 1. The van der Waals surface area contributed by atoms with Gasteiger partial charge in [-0.2, -0.15) is 0 Å². The van der Waals surface area contributed by atoms with Gasteiger partial charge in [-0.3, -0.25) is 4.79 Å². The minimum atomic E-state index is -0.958. The molecule has 0 aromatic heterocycles. The Bertz CT molecular complexity index is 292. The zero-order valence-electron chi connectivity index (χ0n) is 12.4. The van der Waals surface area contributed by atoms with E-state index in [2.05, 4.69) is 26.1 Å². The molecule has 2 atom stereocenters. The molecule has 0 radical (unpaired) electrons. The molecule has 2 N–H and O–H groups in total. The fourth-order valence-corrected chi connectivity index (χ4v) is 1.53. The summed E-state index contributed by atoms with van der Waals surface area (Å²) in [5.74, 6) is -0.677. The highest BCUT2D eigenvalue weighted by Gasteiger charge is 2.25. The minimum Gasteiger partial charge on any atom is -0.480 e. The molecule has 4 heteroatoms. The van der Waals surface area contributed by atoms with Crippen molar-refractivity contribution in [2.24, 2.45) is 17.3 Å². The van der Waals surface area contributed by atoms with E-state index in [1.807, 2.05) is 20.8 Å². The van der Waals surface area contributed by atoms with Gasteiger partial charge in [-0.05, 0) is 23.7 Å². The van der Waals surface area contributed by atoms with Crippen LogP contribution in [0, 0.1) is 17.3 Å². The number of rotatable bonds is 6. The molecule has 0 heterocycles. The molecule has 0 aliphatic carbocycles. The van der Waals surface area contributed by atoms with Crippen molar-refractivity contribution in [3.8, 4) is 0 Å². The second-order valence-electron chi connectivity index (χ2n) is 6.56. The van der Waals surface area contributed by atoms with Crippen molar-refractivity contribution in [3.63, 3.8) is 0 Å². The largest absolute Gasteiger partial charge is 0.480 e. The van der Waals surface area contributed by atoms with Crippen molar-refractivity contribution in [3.05, 3.63) is 0 Å². The molecule has 0 aromatic rings. The summed E-state index contributed by atoms with van der Waals surface area (Å²) in [6.45, 7) is 12.1. The van der Waals surface area contributed by atoms with E-state index in [0.29, 0.717) is 12.8 Å². The molecule has 0 saturated carbocycles. The average Bonchev–Trinajstić information content (AvgIpc) is 2.13. The highest BCUT2D eigenvalue weighted by Crippen LogP contribution is 2.27. The zero-order valence-corrected chi connectivity index (χ0v) is 12.4. The standard InChI is InChI=1S/C14H27NO3/c1-9(2)7-11(13(17)18)15-12(16)8-10(3)14(4,5)6/h9-11H,7-8H2,1-6H3,(H,15,16)(H,17,18)/t10?,11-/m0/s1. The van der Waals surface area contributed by atoms with Gasteiger partial charge in [0.25, 0.3) is 0 Å². The molecule has 0 aliphatic heterocycles. The lowest BCUT2D eigenvalue weighted by molar-refractivity contribution is -0.142. The van der Waals surface area contributed by atoms with Crippen LogP contribution >= 0.6 is 0 Å². The van der Waals surface area contributed by atoms with Crippen molar-refractivity contribution < 1.29 is 14.7 Å². The maximum Gasteiger partial charge on any atom is 0.326 e. The fourth-order valence-electron chi connectivity index (χ4n) is 1.53. The number of hydrogen-bond donors (Lipinski definition) is 2. The van der Waals surface area contributed by atoms with Gasteiger partial charge in [0.1, 0.15) is 6.04 Å². The first kappa shape index (κ1) is 16.9. The van der Waals surface area contributed by atoms with E-state index in [0.717, 1.165) is 0 Å². The number of amides is 1. The van der Waals surface area contributed by atoms with Crippen LogP contribution in [0.3, 0.4) is 0 Å². The number of nitrogens with one attached hydrogen (secondary N) is 1. The summed E-state index contributed by atoms with van der Waals surface area (Å²) in [5.41, 5.74) is 0.0497. The highest BCUT2D eigenvalue weighted by molar-refractivity contribution is 5.83. The molecule has 106 valence electrons. The Balaban J connectivity index is 4.39. The Morgan fingerprint density at radius 3 is 2.00 bits per heavy atom. The second-order valence-corrected chi connectivity index (χ2v) is 6.56. The van der Waals surface area contributed by atoms with Gasteiger partial charge < -0.3 is 10.4 Å². The number of hydrogen-bond acceptors (Lipinski definition) is 2. The lowest BCUT2D eigenvalue weighted by atomic mass is 9.80. The third-order valence-corrected chi connectivity index (χ3v) is 3.31. The van der Waals surface area contributed by atoms with Crippen LogP contribution in [-0.4, -0.2) is 23.0 Å². The summed E-state index contributed by atoms with van der Waals surface area (Å²) >= 11 is 0. The molecule has 0 fully saturated rings. The number of carbonyl (C=O) groups is 2. The second kappa shape index (κ2) is 6.76. The lowest BCUT2D eigenvalue weighted by Crippen LogP contribution is -2.42. The predicted octanol–water partition coefficient (Wildman–Crippen LogP) is 2.67. The molecule has 0 aromatic carbocycles. The molecular weight excluding hydrogens is 230 g/mol. The van der Waals surface area contributed by atoms with Gasteiger partial charge in [-0.15, -0.1) is 0 Å². The van der Waals surface area contributed by atoms with Crippen molar-refractivity contribution in [2.75, 3.05) is 0 Å². The van der Waals surface area contributed by atoms with Crippen LogP contribution in [0.25, 0.3) is 0 Å². The van der Waals surface area contributed by atoms with Gasteiger partial charge in [0.05, 0.1) is 0 Å². The highest BCUT2D eigenvalue weighted by atomic mass is 16.4. The van der Waals surface area contributed by atoms with Crippen LogP contribution < -0.4 is 5.32 Å². The van der Waals surface area contributed by atoms with Gasteiger partial charge in [0, 0.05) is 6.42 Å². The van der Waals surface area contributed by atoms with Crippen molar-refractivity contribution >= 4 is 11.9 Å². The minimum absolute atomic E-state index is 0.0497. The summed E-state index contributed by atoms with van der Waals surface area (Å²) in [5, 5.41) is 11.7. The zero-order chi connectivity index (χ0) is 14.5. The van der Waals surface area contributed by atoms with E-state index in [1.54, 1.807) is 0 Å². The summed E-state index contributed by atoms with van der Waals surface area (Å²) in [7, 11) is 0. The molecular formula is C14H27NO3. The SMILES string of the molecule is CC(C)C[C@H](NC(=O)CC(C)C(C)(C)C)C(=O)O. The first-order valence-corrected chi connectivity index (χ1v) is 6.56. The molecule has 4 nitrogen and oxygen atoms in total. The molecule has 1 unspecified atom stereocenters. The van der Waals surface area contributed by atoms with Crippen LogP contribution in [0.5, 0.6) is 0 Å². The third-order valence-electron chi connectivity index (χ3n) is 3.31. The van der Waals surface area contributed by atoms with Gasteiger partial charge in [0.15, 0.2) is 0 Å². The summed E-state index contributed by atoms with van der Waals surface area (Å²) < 4.78 is 0. The molecule has 0 saturated heterocycles. The van der Waals surface area contributed by atoms with Crippen LogP contribution in [-0.2, 0) is 9.59 Å². The van der Waals surface area contributed by atoms with Crippen molar-refractivity contribution in [2.45, 2.75) is 60.4 Å². The summed E-state index contributed by atoms with van der Waals surface area (Å²) in [6.07, 6.45) is 0.830. The maximum atomic E-state index is 11.8. The molecule has 18 heavy (non-hydrogen) atoms. The first-order valence-electron chi connectivity index (χ1n) is 6.56. The van der Waals surface area contributed by atoms with Crippen molar-refractivity contribution in [1.29, 1.82) is 0 Å². The monoisotopic (exact) mass is 257 g/mol. The Morgan fingerprint density at radius 1 is 1.17 bits per heavy atom. The molecule has 0 aliphatic rings. The number of carboxylic acids is 1. The predicted molar refractivity (Wildman–Crippen MR) is 72.3 cm³/mol. The van der Waals surface area contributed by atoms with E-state index in [-0.39, 0.29) is 23.2 Å². The van der Waals surface area contributed by atoms with Gasteiger partial charge >= 0.3 is 5.97 Å². The Kier molecular flexibility index (Phi) is 6.36. The summed E-state index contributed by atoms with van der Waals surface area (Å²) in [4.78, 5) is 22.9. The van der Waals surface area contributed by atoms with Gasteiger partial charge in [-0.25, -0.2) is 4.79 Å². The topological polar surface area (TPSA) is 66.4 Å². The molecule has 0 bridgehead atoms. The average molecular weight is 257 g/mol. The fraction of sp³-hybridized carbons (Fsp3) is 0.857. The quantitative estimate of drug-likeness (QED) is 0.768. The van der Waals surface area contributed by atoms with Gasteiger partial charge in [0.2, 0.25) is 5.91 Å². The van der Waals surface area contributed by atoms with E-state index < -0.39 is 12.0 Å². The van der Waals surface area contributed by atoms with Crippen LogP contribution in [0.4, 0.5) is 0 Å². The molecule has 0 rings (SSSR count). The number of aliphatic carboxylic acids is 1. The van der Waals surface area contributed by atoms with E-state index in [1.165, 1.54) is 0 Å². The Morgan fingerprint density at radius 2 is 1.67 bits per heavy atom. The Hall–Kier alpha value is -1.06. The molecule has 1 amide bonds. The molecule has 0 spiro atoms. The van der Waals surface area contributed by atoms with Crippen LogP contribution in [0.15, 0.2) is 0 Å². The van der Waals surface area contributed by atoms with Crippen LogP contribution in [0.2, 0.25) is 0 Å². The van der Waals surface area contributed by atoms with Crippen molar-refractivity contribution in [1.82, 2.24) is 5.32 Å². The summed E-state index contributed by atoms with van der Waals surface area (Å²) in [6, 6.07) is -0.773. The van der Waals surface area contributed by atoms with E-state index in [4.69, 9.17) is 5.11 Å². The maximum absolute atomic E-state index is 11.8. The third kappa shape index (κ3) is 6.62. The lowest BCUT2D eigenvalue weighted by Gasteiger charge is -2.27. The van der Waals surface area contributed by atoms with Gasteiger partial charge in [-0.1, -0.05) is 41.5 Å². The first-order chi connectivity index (χ1) is 8.04. The number of carbonyl (C=O) groups excluding carboxylic acids is 1. The normalized spacial score (nSPS) is 15.3. The van der Waals surface area contributed by atoms with E-state index in [9.17, 15) is 9.59 Å². The Labute approximate surface area is 110 Å².